The number of carboxylic acid groups (broad SMARTS) is 1. The molecule has 0 bridgehead atoms. The van der Waals surface area contributed by atoms with Gasteiger partial charge in [-0.25, -0.2) is 23.5 Å². The predicted molar refractivity (Wildman–Crippen MR) is 122 cm³/mol. The number of benzene rings is 3. The van der Waals surface area contributed by atoms with E-state index in [9.17, 15) is 18.7 Å². The first kappa shape index (κ1) is 22.1. The number of hydrogen-bond donors (Lipinski definition) is 2. The molecule has 0 aliphatic carbocycles. The number of carboxylic acids is 1. The molecule has 0 radical (unpaired) electrons. The smallest absolute Gasteiger partial charge is 0.326 e. The van der Waals surface area contributed by atoms with Crippen LogP contribution in [0.1, 0.15) is 16.8 Å². The number of carbonyl (C=O) groups is 1. The fourth-order valence-corrected chi connectivity index (χ4v) is 3.54. The Morgan fingerprint density at radius 2 is 1.48 bits per heavy atom. The van der Waals surface area contributed by atoms with Crippen LogP contribution < -0.4 is 5.32 Å². The molecule has 33 heavy (non-hydrogen) atoms. The summed E-state index contributed by atoms with van der Waals surface area (Å²) in [5.74, 6) is -2.29. The average Bonchev–Trinajstić information content (AvgIpc) is 2.81. The summed E-state index contributed by atoms with van der Waals surface area (Å²) in [6.07, 6.45) is 1.78. The van der Waals surface area contributed by atoms with E-state index >= 15 is 0 Å². The molecule has 3 aromatic carbocycles. The summed E-state index contributed by atoms with van der Waals surface area (Å²) in [6.45, 7) is 0. The van der Waals surface area contributed by atoms with Gasteiger partial charge in [0.1, 0.15) is 23.5 Å². The van der Waals surface area contributed by atoms with Gasteiger partial charge in [0.15, 0.2) is 0 Å². The van der Waals surface area contributed by atoms with Gasteiger partial charge < -0.3 is 10.4 Å². The molecule has 4 aromatic rings. The van der Waals surface area contributed by atoms with Crippen molar-refractivity contribution in [3.8, 4) is 11.3 Å². The van der Waals surface area contributed by atoms with E-state index in [-0.39, 0.29) is 23.5 Å². The third-order valence-electron chi connectivity index (χ3n) is 5.17. The van der Waals surface area contributed by atoms with E-state index in [1.807, 2.05) is 60.7 Å². The van der Waals surface area contributed by atoms with Gasteiger partial charge in [0.25, 0.3) is 0 Å². The molecule has 1 heterocycles. The fourth-order valence-electron chi connectivity index (χ4n) is 3.54. The zero-order chi connectivity index (χ0) is 23.2. The minimum atomic E-state index is -1.05. The minimum Gasteiger partial charge on any atom is -0.480 e. The van der Waals surface area contributed by atoms with E-state index in [4.69, 9.17) is 0 Å². The molecule has 0 aliphatic heterocycles. The lowest BCUT2D eigenvalue weighted by molar-refractivity contribution is -0.137. The van der Waals surface area contributed by atoms with Crippen molar-refractivity contribution in [2.75, 3.05) is 5.32 Å². The Bertz CT molecular complexity index is 1230. The number of aromatic nitrogens is 2. The van der Waals surface area contributed by atoms with Crippen molar-refractivity contribution in [1.29, 1.82) is 0 Å². The van der Waals surface area contributed by atoms with Crippen LogP contribution in [0.4, 0.5) is 14.6 Å². The highest BCUT2D eigenvalue weighted by Crippen LogP contribution is 2.27. The Hall–Kier alpha value is -4.13. The van der Waals surface area contributed by atoms with E-state index in [1.165, 1.54) is 12.3 Å². The molecule has 4 rings (SSSR count). The van der Waals surface area contributed by atoms with E-state index < -0.39 is 23.6 Å². The lowest BCUT2D eigenvalue weighted by Gasteiger charge is -2.18. The first-order chi connectivity index (χ1) is 16.0. The lowest BCUT2D eigenvalue weighted by Crippen LogP contribution is -2.32. The largest absolute Gasteiger partial charge is 0.480 e. The molecular formula is C26H21F2N3O2. The molecule has 1 atom stereocenters. The van der Waals surface area contributed by atoms with Crippen molar-refractivity contribution in [3.63, 3.8) is 0 Å². The summed E-state index contributed by atoms with van der Waals surface area (Å²) >= 11 is 0. The topological polar surface area (TPSA) is 75.1 Å². The highest BCUT2D eigenvalue weighted by Gasteiger charge is 2.22. The quantitative estimate of drug-likeness (QED) is 0.394. The molecule has 1 aromatic heterocycles. The summed E-state index contributed by atoms with van der Waals surface area (Å²) < 4.78 is 28.7. The lowest BCUT2D eigenvalue weighted by atomic mass is 10.0. The van der Waals surface area contributed by atoms with Crippen molar-refractivity contribution < 1.29 is 18.7 Å². The van der Waals surface area contributed by atoms with Gasteiger partial charge in [-0.3, -0.25) is 0 Å². The summed E-state index contributed by atoms with van der Waals surface area (Å²) in [5.41, 5.74) is 1.90. The average molecular weight is 445 g/mol. The highest BCUT2D eigenvalue weighted by molar-refractivity contribution is 5.77. The Labute approximate surface area is 189 Å². The number of nitrogens with zero attached hydrogens (tertiary/aromatic N) is 2. The standard InChI is InChI=1S/C26H21F2N3O2/c27-19-12-7-13-20(28)24(19)23-16-29-25(21(30-23)14-17-8-3-1-4-9-17)31-22(26(32)33)15-18-10-5-2-6-11-18/h1-13,16,22H,14-15H2,(H,29,31)(H,32,33). The van der Waals surface area contributed by atoms with E-state index in [0.29, 0.717) is 12.1 Å². The van der Waals surface area contributed by atoms with Crippen LogP contribution >= 0.6 is 0 Å². The van der Waals surface area contributed by atoms with Gasteiger partial charge in [0.05, 0.1) is 23.1 Å². The van der Waals surface area contributed by atoms with Crippen LogP contribution in [0.15, 0.2) is 85.1 Å². The van der Waals surface area contributed by atoms with Crippen molar-refractivity contribution in [2.24, 2.45) is 0 Å². The Balaban J connectivity index is 1.72. The number of aliphatic carboxylic acids is 1. The summed E-state index contributed by atoms with van der Waals surface area (Å²) in [5, 5.41) is 12.7. The number of halogens is 2. The zero-order valence-corrected chi connectivity index (χ0v) is 17.6. The number of hydrogen-bond acceptors (Lipinski definition) is 4. The van der Waals surface area contributed by atoms with Gasteiger partial charge in [-0.15, -0.1) is 0 Å². The van der Waals surface area contributed by atoms with Crippen molar-refractivity contribution in [3.05, 3.63) is 114 Å². The normalized spacial score (nSPS) is 11.7. The molecule has 0 saturated heterocycles. The maximum Gasteiger partial charge on any atom is 0.326 e. The molecule has 0 amide bonds. The maximum atomic E-state index is 14.4. The second-order valence-electron chi connectivity index (χ2n) is 7.53. The van der Waals surface area contributed by atoms with Gasteiger partial charge >= 0.3 is 5.97 Å². The number of nitrogens with one attached hydrogen (secondary N) is 1. The minimum absolute atomic E-state index is 0.0389. The molecule has 2 N–H and O–H groups in total. The van der Waals surface area contributed by atoms with Crippen LogP contribution in [-0.2, 0) is 17.6 Å². The van der Waals surface area contributed by atoms with Crippen LogP contribution in [0.25, 0.3) is 11.3 Å². The first-order valence-corrected chi connectivity index (χ1v) is 10.4. The summed E-state index contributed by atoms with van der Waals surface area (Å²) in [7, 11) is 0. The SMILES string of the molecule is O=C(O)C(Cc1ccccc1)Nc1ncc(-c2c(F)cccc2F)nc1Cc1ccccc1. The van der Waals surface area contributed by atoms with Crippen molar-refractivity contribution in [1.82, 2.24) is 9.97 Å². The molecule has 1 unspecified atom stereocenters. The monoisotopic (exact) mass is 445 g/mol. The third kappa shape index (κ3) is 5.38. The van der Waals surface area contributed by atoms with Gasteiger partial charge in [-0.2, -0.15) is 0 Å². The van der Waals surface area contributed by atoms with Gasteiger partial charge in [0, 0.05) is 12.8 Å². The van der Waals surface area contributed by atoms with Gasteiger partial charge in [0.2, 0.25) is 0 Å². The molecule has 7 heteroatoms. The number of anilines is 1. The second kappa shape index (κ2) is 9.99. The second-order valence-corrected chi connectivity index (χ2v) is 7.53. The van der Waals surface area contributed by atoms with Gasteiger partial charge in [-0.05, 0) is 23.3 Å². The highest BCUT2D eigenvalue weighted by atomic mass is 19.1. The first-order valence-electron chi connectivity index (χ1n) is 10.4. The van der Waals surface area contributed by atoms with Crippen LogP contribution in [0.5, 0.6) is 0 Å². The van der Waals surface area contributed by atoms with Crippen LogP contribution in [0.3, 0.4) is 0 Å². The van der Waals surface area contributed by atoms with Crippen LogP contribution in [-0.4, -0.2) is 27.1 Å². The van der Waals surface area contributed by atoms with E-state index in [2.05, 4.69) is 15.3 Å². The summed E-state index contributed by atoms with van der Waals surface area (Å²) in [4.78, 5) is 20.8. The fraction of sp³-hybridized carbons (Fsp3) is 0.115. The van der Waals surface area contributed by atoms with Crippen molar-refractivity contribution in [2.45, 2.75) is 18.9 Å². The number of rotatable bonds is 8. The Morgan fingerprint density at radius 3 is 2.09 bits per heavy atom. The predicted octanol–water partition coefficient (Wildman–Crippen LogP) is 5.12. The van der Waals surface area contributed by atoms with Crippen LogP contribution in [0.2, 0.25) is 0 Å². The molecular weight excluding hydrogens is 424 g/mol. The molecule has 0 saturated carbocycles. The summed E-state index contributed by atoms with van der Waals surface area (Å²) in [6, 6.07) is 21.2. The molecule has 0 fully saturated rings. The van der Waals surface area contributed by atoms with Crippen LogP contribution in [0, 0.1) is 11.6 Å². The Morgan fingerprint density at radius 1 is 0.879 bits per heavy atom. The zero-order valence-electron chi connectivity index (χ0n) is 17.6. The molecule has 0 spiro atoms. The molecule has 0 aliphatic rings. The van der Waals surface area contributed by atoms with Crippen molar-refractivity contribution >= 4 is 11.8 Å². The molecule has 5 nitrogen and oxygen atoms in total. The van der Waals surface area contributed by atoms with Gasteiger partial charge in [-0.1, -0.05) is 66.7 Å². The Kier molecular flexibility index (Phi) is 6.69. The maximum absolute atomic E-state index is 14.4. The third-order valence-corrected chi connectivity index (χ3v) is 5.17. The van der Waals surface area contributed by atoms with E-state index in [0.717, 1.165) is 23.3 Å². The molecule has 166 valence electrons. The van der Waals surface area contributed by atoms with E-state index in [1.54, 1.807) is 0 Å².